The SMILES string of the molecule is CCCCS(C)(C)NCC. The van der Waals surface area contributed by atoms with Crippen LogP contribution < -0.4 is 4.72 Å². The second-order valence-electron chi connectivity index (χ2n) is 3.09. The van der Waals surface area contributed by atoms with E-state index in [1.54, 1.807) is 0 Å². The average molecular weight is 163 g/mol. The number of unbranched alkanes of at least 4 members (excludes halogenated alkanes) is 1. The molecule has 1 nitrogen and oxygen atoms in total. The van der Waals surface area contributed by atoms with Crippen LogP contribution in [0, 0.1) is 0 Å². The zero-order valence-corrected chi connectivity index (χ0v) is 8.55. The zero-order chi connectivity index (χ0) is 8.04. The molecule has 0 aliphatic carbocycles. The van der Waals surface area contributed by atoms with Crippen molar-refractivity contribution >= 4 is 10.2 Å². The van der Waals surface area contributed by atoms with E-state index in [4.69, 9.17) is 0 Å². The molecule has 0 saturated heterocycles. The van der Waals surface area contributed by atoms with Gasteiger partial charge in [0.2, 0.25) is 0 Å². The molecule has 0 fully saturated rings. The van der Waals surface area contributed by atoms with Gasteiger partial charge in [0.05, 0.1) is 0 Å². The molecule has 0 saturated carbocycles. The minimum absolute atomic E-state index is 0.444. The van der Waals surface area contributed by atoms with Crippen LogP contribution in [0.4, 0.5) is 0 Å². The van der Waals surface area contributed by atoms with Gasteiger partial charge >= 0.3 is 0 Å². The molecule has 0 aromatic rings. The summed E-state index contributed by atoms with van der Waals surface area (Å²) in [5, 5.41) is 0. The van der Waals surface area contributed by atoms with E-state index < -0.39 is 10.2 Å². The minimum atomic E-state index is -0.444. The van der Waals surface area contributed by atoms with Gasteiger partial charge in [0.1, 0.15) is 0 Å². The summed E-state index contributed by atoms with van der Waals surface area (Å²) in [5.74, 6) is 1.37. The lowest BCUT2D eigenvalue weighted by atomic mass is 10.4. The van der Waals surface area contributed by atoms with Gasteiger partial charge in [0.15, 0.2) is 0 Å². The number of hydrogen-bond acceptors (Lipinski definition) is 1. The van der Waals surface area contributed by atoms with Crippen LogP contribution in [0.25, 0.3) is 0 Å². The number of rotatable bonds is 5. The monoisotopic (exact) mass is 163 g/mol. The third-order valence-electron chi connectivity index (χ3n) is 1.54. The molecular weight excluding hydrogens is 142 g/mol. The highest BCUT2D eigenvalue weighted by Gasteiger charge is 2.07. The summed E-state index contributed by atoms with van der Waals surface area (Å²) in [7, 11) is -0.444. The molecule has 2 heteroatoms. The predicted molar refractivity (Wildman–Crippen MR) is 52.9 cm³/mol. The molecule has 0 aromatic carbocycles. The van der Waals surface area contributed by atoms with E-state index in [-0.39, 0.29) is 0 Å². The molecule has 0 radical (unpaired) electrons. The van der Waals surface area contributed by atoms with E-state index >= 15 is 0 Å². The van der Waals surface area contributed by atoms with Gasteiger partial charge in [0, 0.05) is 6.54 Å². The first kappa shape index (κ1) is 10.3. The Bertz CT molecular complexity index is 81.3. The molecular formula is C8H21NS. The maximum Gasteiger partial charge on any atom is 0.00150 e. The summed E-state index contributed by atoms with van der Waals surface area (Å²) in [6.45, 7) is 5.55. The van der Waals surface area contributed by atoms with Gasteiger partial charge in [-0.2, -0.15) is 10.2 Å². The van der Waals surface area contributed by atoms with Crippen LogP contribution >= 0.6 is 10.2 Å². The summed E-state index contributed by atoms with van der Waals surface area (Å²) < 4.78 is 3.54. The van der Waals surface area contributed by atoms with E-state index in [0.29, 0.717) is 0 Å². The van der Waals surface area contributed by atoms with Gasteiger partial charge in [0.25, 0.3) is 0 Å². The van der Waals surface area contributed by atoms with E-state index in [1.165, 1.54) is 18.6 Å². The topological polar surface area (TPSA) is 12.0 Å². The van der Waals surface area contributed by atoms with Crippen molar-refractivity contribution in [2.24, 2.45) is 0 Å². The largest absolute Gasteiger partial charge is 0.282 e. The van der Waals surface area contributed by atoms with Crippen LogP contribution in [0.5, 0.6) is 0 Å². The fourth-order valence-corrected chi connectivity index (χ4v) is 2.90. The Morgan fingerprint density at radius 1 is 1.20 bits per heavy atom. The van der Waals surface area contributed by atoms with Gasteiger partial charge < -0.3 is 0 Å². The Morgan fingerprint density at radius 3 is 2.20 bits per heavy atom. The van der Waals surface area contributed by atoms with E-state index in [9.17, 15) is 0 Å². The van der Waals surface area contributed by atoms with Crippen LogP contribution in [0.1, 0.15) is 26.7 Å². The standard InChI is InChI=1S/C8H21NS/c1-5-7-8-10(3,4)9-6-2/h9H,5-8H2,1-4H3. The van der Waals surface area contributed by atoms with Crippen LogP contribution in [0.15, 0.2) is 0 Å². The van der Waals surface area contributed by atoms with Gasteiger partial charge in [-0.15, -0.1) is 0 Å². The highest BCUT2D eigenvalue weighted by atomic mass is 32.3. The van der Waals surface area contributed by atoms with Gasteiger partial charge in [-0.1, -0.05) is 20.3 Å². The van der Waals surface area contributed by atoms with Crippen molar-refractivity contribution in [1.82, 2.24) is 4.72 Å². The predicted octanol–water partition coefficient (Wildman–Crippen LogP) is 2.38. The molecule has 64 valence electrons. The summed E-state index contributed by atoms with van der Waals surface area (Å²) in [6, 6.07) is 0. The summed E-state index contributed by atoms with van der Waals surface area (Å²) >= 11 is 0. The Morgan fingerprint density at radius 2 is 1.80 bits per heavy atom. The van der Waals surface area contributed by atoms with E-state index in [1.807, 2.05) is 0 Å². The smallest absolute Gasteiger partial charge is 0.00150 e. The Hall–Kier alpha value is 0.310. The molecule has 0 aliphatic rings. The second-order valence-corrected chi connectivity index (χ2v) is 6.87. The van der Waals surface area contributed by atoms with Crippen molar-refractivity contribution in [2.45, 2.75) is 26.7 Å². The zero-order valence-electron chi connectivity index (χ0n) is 7.74. The fraction of sp³-hybridized carbons (Fsp3) is 1.00. The van der Waals surface area contributed by atoms with Crippen LogP contribution in [0.2, 0.25) is 0 Å². The Balaban J connectivity index is 3.42. The number of hydrogen-bond donors (Lipinski definition) is 1. The van der Waals surface area contributed by atoms with E-state index in [0.717, 1.165) is 6.54 Å². The van der Waals surface area contributed by atoms with Gasteiger partial charge in [-0.3, -0.25) is 4.72 Å². The third-order valence-corrected chi connectivity index (χ3v) is 3.92. The summed E-state index contributed by atoms with van der Waals surface area (Å²) in [4.78, 5) is 0. The molecule has 0 aromatic heterocycles. The van der Waals surface area contributed by atoms with Crippen molar-refractivity contribution < 1.29 is 0 Å². The molecule has 1 N–H and O–H groups in total. The highest BCUT2D eigenvalue weighted by molar-refractivity contribution is 8.31. The second kappa shape index (κ2) is 5.03. The molecule has 0 unspecified atom stereocenters. The highest BCUT2D eigenvalue weighted by Crippen LogP contribution is 2.34. The Labute approximate surface area is 67.0 Å². The van der Waals surface area contributed by atoms with Crippen molar-refractivity contribution in [2.75, 3.05) is 24.8 Å². The molecule has 0 rings (SSSR count). The average Bonchev–Trinajstić information content (AvgIpc) is 1.84. The molecule has 0 atom stereocenters. The first-order chi connectivity index (χ1) is 4.62. The molecule has 0 bridgehead atoms. The Kier molecular flexibility index (Phi) is 5.18. The quantitative estimate of drug-likeness (QED) is 0.656. The minimum Gasteiger partial charge on any atom is -0.282 e. The molecule has 0 amide bonds. The fourth-order valence-electron chi connectivity index (χ4n) is 0.968. The van der Waals surface area contributed by atoms with Crippen molar-refractivity contribution in [1.29, 1.82) is 0 Å². The normalized spacial score (nSPS) is 13.6. The molecule has 0 spiro atoms. The maximum absolute atomic E-state index is 3.54. The summed E-state index contributed by atoms with van der Waals surface area (Å²) in [6.07, 6.45) is 7.40. The third kappa shape index (κ3) is 5.12. The van der Waals surface area contributed by atoms with Gasteiger partial charge in [-0.05, 0) is 24.7 Å². The van der Waals surface area contributed by atoms with E-state index in [2.05, 4.69) is 31.1 Å². The first-order valence-electron chi connectivity index (χ1n) is 4.08. The van der Waals surface area contributed by atoms with Crippen molar-refractivity contribution in [3.8, 4) is 0 Å². The molecule has 10 heavy (non-hydrogen) atoms. The van der Waals surface area contributed by atoms with Gasteiger partial charge in [-0.25, -0.2) is 0 Å². The van der Waals surface area contributed by atoms with Crippen LogP contribution in [0.3, 0.4) is 0 Å². The maximum atomic E-state index is 3.54. The van der Waals surface area contributed by atoms with Crippen molar-refractivity contribution in [3.05, 3.63) is 0 Å². The van der Waals surface area contributed by atoms with Crippen LogP contribution in [-0.2, 0) is 0 Å². The van der Waals surface area contributed by atoms with Crippen molar-refractivity contribution in [3.63, 3.8) is 0 Å². The number of nitrogens with one attached hydrogen (secondary N) is 1. The molecule has 0 aliphatic heterocycles. The lowest BCUT2D eigenvalue weighted by Gasteiger charge is -2.31. The van der Waals surface area contributed by atoms with Crippen LogP contribution in [-0.4, -0.2) is 24.8 Å². The first-order valence-corrected chi connectivity index (χ1v) is 6.70. The lowest BCUT2D eigenvalue weighted by Crippen LogP contribution is -2.20. The summed E-state index contributed by atoms with van der Waals surface area (Å²) in [5.41, 5.74) is 0. The molecule has 0 heterocycles. The lowest BCUT2D eigenvalue weighted by molar-refractivity contribution is 0.882.